The third-order valence-electron chi connectivity index (χ3n) is 4.51. The van der Waals surface area contributed by atoms with Crippen LogP contribution in [0.25, 0.3) is 0 Å². The van der Waals surface area contributed by atoms with Gasteiger partial charge in [0.2, 0.25) is 11.8 Å². The predicted molar refractivity (Wildman–Crippen MR) is 99.7 cm³/mol. The minimum absolute atomic E-state index is 0.0289. The largest absolute Gasteiger partial charge is 0.378 e. The summed E-state index contributed by atoms with van der Waals surface area (Å²) in [5, 5.41) is 0.332. The lowest BCUT2D eigenvalue weighted by molar-refractivity contribution is -0.132. The van der Waals surface area contributed by atoms with Crippen molar-refractivity contribution in [2.45, 2.75) is 25.4 Å². The molecule has 0 atom stereocenters. The number of carbonyl (C=O) groups excluding carboxylic acids is 2. The Morgan fingerprint density at radius 2 is 2.00 bits per heavy atom. The zero-order valence-electron chi connectivity index (χ0n) is 14.5. The Labute approximate surface area is 161 Å². The van der Waals surface area contributed by atoms with Crippen molar-refractivity contribution in [3.63, 3.8) is 0 Å². The molecule has 1 aliphatic heterocycles. The van der Waals surface area contributed by atoms with Gasteiger partial charge in [0.05, 0.1) is 31.3 Å². The molecule has 1 aromatic carbocycles. The SMILES string of the molecule is O=C(CSCC(=O)N(Cc1c(F)cccc1Cl)C1CC1)N1CCOCC1. The molecule has 1 heterocycles. The number of thioether (sulfide) groups is 1. The molecule has 0 N–H and O–H groups in total. The normalized spacial score (nSPS) is 17.2. The van der Waals surface area contributed by atoms with Crippen LogP contribution in [0.4, 0.5) is 4.39 Å². The van der Waals surface area contributed by atoms with Crippen molar-refractivity contribution in [1.29, 1.82) is 0 Å². The first-order chi connectivity index (χ1) is 12.6. The van der Waals surface area contributed by atoms with Gasteiger partial charge in [-0.1, -0.05) is 17.7 Å². The smallest absolute Gasteiger partial charge is 0.233 e. The number of amides is 2. The van der Waals surface area contributed by atoms with Gasteiger partial charge < -0.3 is 14.5 Å². The minimum atomic E-state index is -0.397. The quantitative estimate of drug-likeness (QED) is 0.705. The fraction of sp³-hybridized carbons (Fsp3) is 0.556. The van der Waals surface area contributed by atoms with Crippen molar-refractivity contribution in [2.24, 2.45) is 0 Å². The molecule has 2 fully saturated rings. The summed E-state index contributed by atoms with van der Waals surface area (Å²) in [6.45, 7) is 2.51. The Bertz CT molecular complexity index is 646. The highest BCUT2D eigenvalue weighted by molar-refractivity contribution is 8.00. The van der Waals surface area contributed by atoms with E-state index in [0.717, 1.165) is 12.8 Å². The third-order valence-corrected chi connectivity index (χ3v) is 5.77. The van der Waals surface area contributed by atoms with Crippen LogP contribution in [0.1, 0.15) is 18.4 Å². The first-order valence-corrected chi connectivity index (χ1v) is 10.2. The van der Waals surface area contributed by atoms with Gasteiger partial charge in [-0.25, -0.2) is 4.39 Å². The van der Waals surface area contributed by atoms with E-state index in [4.69, 9.17) is 16.3 Å². The maximum absolute atomic E-state index is 14.0. The summed E-state index contributed by atoms with van der Waals surface area (Å²) >= 11 is 7.40. The van der Waals surface area contributed by atoms with Crippen molar-refractivity contribution < 1.29 is 18.7 Å². The molecule has 3 rings (SSSR count). The minimum Gasteiger partial charge on any atom is -0.378 e. The Morgan fingerprint density at radius 3 is 2.65 bits per heavy atom. The molecule has 26 heavy (non-hydrogen) atoms. The first-order valence-electron chi connectivity index (χ1n) is 8.72. The molecule has 142 valence electrons. The van der Waals surface area contributed by atoms with Crippen LogP contribution in [-0.4, -0.2) is 65.5 Å². The maximum Gasteiger partial charge on any atom is 0.233 e. The number of ether oxygens (including phenoxy) is 1. The fourth-order valence-electron chi connectivity index (χ4n) is 2.87. The van der Waals surface area contributed by atoms with Crippen molar-refractivity contribution in [3.8, 4) is 0 Å². The summed E-state index contributed by atoms with van der Waals surface area (Å²) < 4.78 is 19.3. The van der Waals surface area contributed by atoms with Gasteiger partial charge in [0.15, 0.2) is 0 Å². The third kappa shape index (κ3) is 5.11. The van der Waals surface area contributed by atoms with Crippen molar-refractivity contribution in [1.82, 2.24) is 9.80 Å². The van der Waals surface area contributed by atoms with Crippen LogP contribution in [0.15, 0.2) is 18.2 Å². The Kier molecular flexibility index (Phi) is 6.78. The van der Waals surface area contributed by atoms with Crippen LogP contribution in [0.2, 0.25) is 5.02 Å². The Hall–Kier alpha value is -1.31. The van der Waals surface area contributed by atoms with Gasteiger partial charge in [-0.3, -0.25) is 9.59 Å². The van der Waals surface area contributed by atoms with E-state index in [1.165, 1.54) is 17.8 Å². The van der Waals surface area contributed by atoms with E-state index >= 15 is 0 Å². The van der Waals surface area contributed by atoms with Crippen LogP contribution < -0.4 is 0 Å². The monoisotopic (exact) mass is 400 g/mol. The summed E-state index contributed by atoms with van der Waals surface area (Å²) in [5.41, 5.74) is 0.351. The summed E-state index contributed by atoms with van der Waals surface area (Å²) in [6, 6.07) is 4.68. The lowest BCUT2D eigenvalue weighted by Crippen LogP contribution is -2.42. The number of benzene rings is 1. The molecule has 0 radical (unpaired) electrons. The molecule has 1 aliphatic carbocycles. The van der Waals surface area contributed by atoms with E-state index < -0.39 is 5.82 Å². The van der Waals surface area contributed by atoms with Gasteiger partial charge in [-0.05, 0) is 25.0 Å². The number of hydrogen-bond donors (Lipinski definition) is 0. The maximum atomic E-state index is 14.0. The standard InChI is InChI=1S/C18H22ClFN2O3S/c19-15-2-1-3-16(20)14(15)10-22(13-4-5-13)18(24)12-26-11-17(23)21-6-8-25-9-7-21/h1-3,13H,4-12H2. The molecule has 1 saturated carbocycles. The summed E-state index contributed by atoms with van der Waals surface area (Å²) in [7, 11) is 0. The molecule has 0 unspecified atom stereocenters. The second-order valence-electron chi connectivity index (χ2n) is 6.44. The van der Waals surface area contributed by atoms with Gasteiger partial charge in [0.25, 0.3) is 0 Å². The van der Waals surface area contributed by atoms with E-state index in [0.29, 0.717) is 36.9 Å². The number of nitrogens with zero attached hydrogens (tertiary/aromatic N) is 2. The molecule has 0 spiro atoms. The van der Waals surface area contributed by atoms with E-state index in [9.17, 15) is 14.0 Å². The van der Waals surface area contributed by atoms with E-state index in [1.807, 2.05) is 0 Å². The lowest BCUT2D eigenvalue weighted by atomic mass is 10.2. The highest BCUT2D eigenvalue weighted by atomic mass is 35.5. The van der Waals surface area contributed by atoms with Crippen molar-refractivity contribution in [2.75, 3.05) is 37.8 Å². The Morgan fingerprint density at radius 1 is 1.27 bits per heavy atom. The molecule has 5 nitrogen and oxygen atoms in total. The van der Waals surface area contributed by atoms with E-state index in [-0.39, 0.29) is 35.9 Å². The van der Waals surface area contributed by atoms with Gasteiger partial charge in [0, 0.05) is 29.7 Å². The molecule has 8 heteroatoms. The number of morpholine rings is 1. The number of hydrogen-bond acceptors (Lipinski definition) is 4. The van der Waals surface area contributed by atoms with Gasteiger partial charge in [-0.15, -0.1) is 11.8 Å². The molecule has 1 aromatic rings. The Balaban J connectivity index is 1.52. The molecule has 2 aliphatic rings. The molecular formula is C18H22ClFN2O3S. The highest BCUT2D eigenvalue weighted by Gasteiger charge is 2.33. The molecular weight excluding hydrogens is 379 g/mol. The number of carbonyl (C=O) groups is 2. The van der Waals surface area contributed by atoms with Gasteiger partial charge in [0.1, 0.15) is 5.82 Å². The fourth-order valence-corrected chi connectivity index (χ4v) is 3.90. The highest BCUT2D eigenvalue weighted by Crippen LogP contribution is 2.31. The molecule has 2 amide bonds. The second-order valence-corrected chi connectivity index (χ2v) is 7.83. The van der Waals surface area contributed by atoms with Crippen LogP contribution >= 0.6 is 23.4 Å². The summed E-state index contributed by atoms with van der Waals surface area (Å²) in [4.78, 5) is 28.2. The lowest BCUT2D eigenvalue weighted by Gasteiger charge is -2.27. The number of halogens is 2. The van der Waals surface area contributed by atoms with Crippen molar-refractivity contribution >= 4 is 35.2 Å². The van der Waals surface area contributed by atoms with E-state index in [2.05, 4.69) is 0 Å². The predicted octanol–water partition coefficient (Wildman–Crippen LogP) is 2.56. The summed E-state index contributed by atoms with van der Waals surface area (Å²) in [6.07, 6.45) is 1.85. The summed E-state index contributed by atoms with van der Waals surface area (Å²) in [5.74, 6) is 0.0301. The first kappa shape index (κ1) is 19.5. The zero-order chi connectivity index (χ0) is 18.5. The van der Waals surface area contributed by atoms with Gasteiger partial charge in [-0.2, -0.15) is 0 Å². The second kappa shape index (κ2) is 9.06. The van der Waals surface area contributed by atoms with Crippen LogP contribution in [-0.2, 0) is 20.9 Å². The molecule has 1 saturated heterocycles. The van der Waals surface area contributed by atoms with Crippen LogP contribution in [0.3, 0.4) is 0 Å². The van der Waals surface area contributed by atoms with Crippen molar-refractivity contribution in [3.05, 3.63) is 34.6 Å². The average Bonchev–Trinajstić information content (AvgIpc) is 3.47. The van der Waals surface area contributed by atoms with Crippen LogP contribution in [0.5, 0.6) is 0 Å². The molecule has 0 aromatic heterocycles. The van der Waals surface area contributed by atoms with Crippen LogP contribution in [0, 0.1) is 5.82 Å². The zero-order valence-corrected chi connectivity index (χ0v) is 16.0. The molecule has 0 bridgehead atoms. The topological polar surface area (TPSA) is 49.9 Å². The van der Waals surface area contributed by atoms with Gasteiger partial charge >= 0.3 is 0 Å². The van der Waals surface area contributed by atoms with E-state index in [1.54, 1.807) is 21.9 Å². The number of rotatable bonds is 7. The average molecular weight is 401 g/mol.